The van der Waals surface area contributed by atoms with Gasteiger partial charge in [-0.25, -0.2) is 0 Å². The Kier molecular flexibility index (Phi) is 4.19. The predicted molar refractivity (Wildman–Crippen MR) is 61.8 cm³/mol. The molecule has 1 rings (SSSR count). The monoisotopic (exact) mass is 253 g/mol. The molecule has 98 valence electrons. The summed E-state index contributed by atoms with van der Waals surface area (Å²) < 4.78 is 0. The van der Waals surface area contributed by atoms with Gasteiger partial charge < -0.3 is 11.1 Å². The molecule has 1 aliphatic heterocycles. The number of nitrogens with two attached hydrogens (primary N) is 1. The average molecular weight is 253 g/mol. The number of carbonyl (C=O) groups excluding carboxylic acids is 4. The Morgan fingerprint density at radius 3 is 2.17 bits per heavy atom. The summed E-state index contributed by atoms with van der Waals surface area (Å²) in [6, 6.07) is -0.821. The summed E-state index contributed by atoms with van der Waals surface area (Å²) in [6.45, 7) is 3.04. The van der Waals surface area contributed by atoms with Crippen LogP contribution in [0.4, 0.5) is 0 Å². The lowest BCUT2D eigenvalue weighted by atomic mass is 10.0. The Labute approximate surface area is 104 Å². The molecular formula is C11H15N3O4. The molecule has 0 aromatic carbocycles. The van der Waals surface area contributed by atoms with E-state index in [1.54, 1.807) is 13.8 Å². The van der Waals surface area contributed by atoms with Crippen LogP contribution in [0, 0.1) is 5.92 Å². The van der Waals surface area contributed by atoms with Crippen molar-refractivity contribution < 1.29 is 19.2 Å². The number of rotatable bonds is 5. The maximum atomic E-state index is 11.6. The molecule has 0 aromatic rings. The zero-order valence-corrected chi connectivity index (χ0v) is 10.2. The molecular weight excluding hydrogens is 238 g/mol. The highest BCUT2D eigenvalue weighted by atomic mass is 16.2. The molecule has 7 nitrogen and oxygen atoms in total. The van der Waals surface area contributed by atoms with E-state index < -0.39 is 36.2 Å². The van der Waals surface area contributed by atoms with Crippen LogP contribution in [-0.2, 0) is 19.2 Å². The Bertz CT molecular complexity index is 410. The number of nitrogens with one attached hydrogen (secondary N) is 1. The molecule has 0 saturated heterocycles. The summed E-state index contributed by atoms with van der Waals surface area (Å²) in [5, 5.41) is 2.40. The molecule has 4 amide bonds. The first-order valence-corrected chi connectivity index (χ1v) is 5.45. The SMILES string of the molecule is CC(C)[C@H](NC(=O)CN1C(=O)C=CC1=O)C(N)=O. The van der Waals surface area contributed by atoms with Crippen LogP contribution in [0.3, 0.4) is 0 Å². The van der Waals surface area contributed by atoms with Crippen molar-refractivity contribution in [3.05, 3.63) is 12.2 Å². The number of imide groups is 1. The van der Waals surface area contributed by atoms with E-state index in [4.69, 9.17) is 5.73 Å². The average Bonchev–Trinajstić information content (AvgIpc) is 2.56. The third kappa shape index (κ3) is 3.16. The summed E-state index contributed by atoms with van der Waals surface area (Å²) in [5.41, 5.74) is 5.14. The fraction of sp³-hybridized carbons (Fsp3) is 0.455. The van der Waals surface area contributed by atoms with E-state index in [1.807, 2.05) is 0 Å². The van der Waals surface area contributed by atoms with Crippen molar-refractivity contribution in [3.63, 3.8) is 0 Å². The van der Waals surface area contributed by atoms with Gasteiger partial charge in [-0.3, -0.25) is 24.1 Å². The zero-order chi connectivity index (χ0) is 13.9. The molecule has 7 heteroatoms. The van der Waals surface area contributed by atoms with Crippen molar-refractivity contribution in [2.45, 2.75) is 19.9 Å². The van der Waals surface area contributed by atoms with E-state index in [9.17, 15) is 19.2 Å². The maximum Gasteiger partial charge on any atom is 0.254 e. The molecule has 0 spiro atoms. The normalized spacial score (nSPS) is 16.3. The molecule has 0 aliphatic carbocycles. The summed E-state index contributed by atoms with van der Waals surface area (Å²) in [7, 11) is 0. The van der Waals surface area contributed by atoms with Crippen LogP contribution in [-0.4, -0.2) is 41.1 Å². The third-order valence-corrected chi connectivity index (χ3v) is 2.49. The van der Waals surface area contributed by atoms with Gasteiger partial charge in [0.05, 0.1) is 0 Å². The number of nitrogens with zero attached hydrogens (tertiary/aromatic N) is 1. The molecule has 1 atom stereocenters. The van der Waals surface area contributed by atoms with Gasteiger partial charge in [0, 0.05) is 12.2 Å². The Morgan fingerprint density at radius 1 is 1.28 bits per heavy atom. The van der Waals surface area contributed by atoms with Crippen molar-refractivity contribution >= 4 is 23.6 Å². The van der Waals surface area contributed by atoms with E-state index in [-0.39, 0.29) is 5.92 Å². The first kappa shape index (κ1) is 13.9. The number of carbonyl (C=O) groups is 4. The molecule has 1 heterocycles. The molecule has 0 saturated carbocycles. The number of hydrogen-bond acceptors (Lipinski definition) is 4. The number of amides is 4. The highest BCUT2D eigenvalue weighted by molar-refractivity contribution is 6.14. The molecule has 1 aliphatic rings. The van der Waals surface area contributed by atoms with Crippen LogP contribution < -0.4 is 11.1 Å². The Morgan fingerprint density at radius 2 is 1.78 bits per heavy atom. The molecule has 0 aromatic heterocycles. The topological polar surface area (TPSA) is 110 Å². The van der Waals surface area contributed by atoms with Gasteiger partial charge >= 0.3 is 0 Å². The molecule has 0 bridgehead atoms. The summed E-state index contributed by atoms with van der Waals surface area (Å²) in [4.78, 5) is 45.9. The van der Waals surface area contributed by atoms with E-state index in [0.29, 0.717) is 0 Å². The highest BCUT2D eigenvalue weighted by Gasteiger charge is 2.28. The van der Waals surface area contributed by atoms with E-state index >= 15 is 0 Å². The van der Waals surface area contributed by atoms with Gasteiger partial charge in [0.15, 0.2) is 0 Å². The molecule has 0 unspecified atom stereocenters. The fourth-order valence-electron chi connectivity index (χ4n) is 1.52. The van der Waals surface area contributed by atoms with Gasteiger partial charge in [-0.05, 0) is 5.92 Å². The molecule has 18 heavy (non-hydrogen) atoms. The zero-order valence-electron chi connectivity index (χ0n) is 10.2. The Hall–Kier alpha value is -2.18. The van der Waals surface area contributed by atoms with Crippen molar-refractivity contribution in [1.82, 2.24) is 10.2 Å². The lowest BCUT2D eigenvalue weighted by Gasteiger charge is -2.20. The second-order valence-electron chi connectivity index (χ2n) is 4.29. The van der Waals surface area contributed by atoms with Crippen molar-refractivity contribution in [3.8, 4) is 0 Å². The lowest BCUT2D eigenvalue weighted by Crippen LogP contribution is -2.51. The largest absolute Gasteiger partial charge is 0.368 e. The van der Waals surface area contributed by atoms with Gasteiger partial charge in [0.1, 0.15) is 12.6 Å². The van der Waals surface area contributed by atoms with Crippen LogP contribution in [0.2, 0.25) is 0 Å². The van der Waals surface area contributed by atoms with Crippen LogP contribution >= 0.6 is 0 Å². The van der Waals surface area contributed by atoms with Crippen LogP contribution in [0.1, 0.15) is 13.8 Å². The van der Waals surface area contributed by atoms with Gasteiger partial charge in [-0.1, -0.05) is 13.8 Å². The minimum atomic E-state index is -0.821. The second-order valence-corrected chi connectivity index (χ2v) is 4.29. The predicted octanol–water partition coefficient (Wildman–Crippen LogP) is -1.46. The van der Waals surface area contributed by atoms with Crippen molar-refractivity contribution in [1.29, 1.82) is 0 Å². The van der Waals surface area contributed by atoms with Crippen LogP contribution in [0.5, 0.6) is 0 Å². The van der Waals surface area contributed by atoms with Crippen molar-refractivity contribution in [2.75, 3.05) is 6.54 Å². The first-order valence-electron chi connectivity index (χ1n) is 5.45. The van der Waals surface area contributed by atoms with Crippen molar-refractivity contribution in [2.24, 2.45) is 11.7 Å². The van der Waals surface area contributed by atoms with Gasteiger partial charge in [0.25, 0.3) is 11.8 Å². The number of primary amides is 1. The van der Waals surface area contributed by atoms with E-state index in [0.717, 1.165) is 17.1 Å². The van der Waals surface area contributed by atoms with Gasteiger partial charge in [-0.15, -0.1) is 0 Å². The Balaban J connectivity index is 2.59. The maximum absolute atomic E-state index is 11.6. The second kappa shape index (κ2) is 5.44. The van der Waals surface area contributed by atoms with Gasteiger partial charge in [0.2, 0.25) is 11.8 Å². The summed E-state index contributed by atoms with van der Waals surface area (Å²) >= 11 is 0. The van der Waals surface area contributed by atoms with Gasteiger partial charge in [-0.2, -0.15) is 0 Å². The van der Waals surface area contributed by atoms with E-state index in [1.165, 1.54) is 0 Å². The minimum Gasteiger partial charge on any atom is -0.368 e. The minimum absolute atomic E-state index is 0.172. The van der Waals surface area contributed by atoms with E-state index in [2.05, 4.69) is 5.32 Å². The molecule has 3 N–H and O–H groups in total. The first-order chi connectivity index (χ1) is 8.32. The summed E-state index contributed by atoms with van der Waals surface area (Å²) in [5.74, 6) is -2.52. The van der Waals surface area contributed by atoms with Crippen LogP contribution in [0.15, 0.2) is 12.2 Å². The highest BCUT2D eigenvalue weighted by Crippen LogP contribution is 2.04. The standard InChI is InChI=1S/C11H15N3O4/c1-6(2)10(11(12)18)13-7(15)5-14-8(16)3-4-9(14)17/h3-4,6,10H,5H2,1-2H3,(H2,12,18)(H,13,15)/t10-/m0/s1. The van der Waals surface area contributed by atoms with Crippen LogP contribution in [0.25, 0.3) is 0 Å². The fourth-order valence-corrected chi connectivity index (χ4v) is 1.52. The molecule has 0 fully saturated rings. The smallest absolute Gasteiger partial charge is 0.254 e. The number of hydrogen-bond donors (Lipinski definition) is 2. The lowest BCUT2D eigenvalue weighted by molar-refractivity contribution is -0.141. The quantitative estimate of drug-likeness (QED) is 0.583. The molecule has 0 radical (unpaired) electrons. The summed E-state index contributed by atoms with van der Waals surface area (Å²) in [6.07, 6.45) is 2.17. The third-order valence-electron chi connectivity index (χ3n) is 2.49.